The molecule has 1 aromatic carbocycles. The summed E-state index contributed by atoms with van der Waals surface area (Å²) in [5.41, 5.74) is -1.83. The molecule has 0 aliphatic heterocycles. The second kappa shape index (κ2) is 7.13. The van der Waals surface area contributed by atoms with E-state index >= 15 is 0 Å². The lowest BCUT2D eigenvalue weighted by Crippen LogP contribution is -2.44. The second-order valence-corrected chi connectivity index (χ2v) is 6.30. The van der Waals surface area contributed by atoms with Crippen LogP contribution in [-0.4, -0.2) is 27.1 Å². The highest BCUT2D eigenvalue weighted by atomic mass is 32.2. The molecule has 0 aliphatic carbocycles. The van der Waals surface area contributed by atoms with Gasteiger partial charge in [0.1, 0.15) is 16.8 Å². The summed E-state index contributed by atoms with van der Waals surface area (Å²) >= 11 is -2.56. The fourth-order valence-corrected chi connectivity index (χ4v) is 2.05. The Balaban J connectivity index is 2.96. The van der Waals surface area contributed by atoms with Crippen LogP contribution in [0, 0.1) is 5.41 Å². The van der Waals surface area contributed by atoms with Crippen molar-refractivity contribution in [2.45, 2.75) is 33.3 Å². The molecule has 1 rings (SSSR count). The van der Waals surface area contributed by atoms with Crippen LogP contribution in [0.15, 0.2) is 30.3 Å². The molecular formula is C15H20O6S. The minimum Gasteiger partial charge on any atom is -0.454 e. The number of carbonyl (C=O) groups is 2. The molecule has 1 N–H and O–H groups in total. The fraction of sp³-hybridized carbons (Fsp3) is 0.467. The van der Waals surface area contributed by atoms with Crippen molar-refractivity contribution in [1.29, 1.82) is 0 Å². The van der Waals surface area contributed by atoms with Crippen LogP contribution in [0.5, 0.6) is 0 Å². The highest BCUT2D eigenvalue weighted by Gasteiger charge is 2.43. The topological polar surface area (TPSA) is 89.9 Å². The monoisotopic (exact) mass is 328 g/mol. The molecule has 0 radical (unpaired) electrons. The zero-order valence-corrected chi connectivity index (χ0v) is 13.8. The largest absolute Gasteiger partial charge is 0.454 e. The van der Waals surface area contributed by atoms with Gasteiger partial charge in [-0.05, 0) is 33.3 Å². The molecule has 122 valence electrons. The first-order chi connectivity index (χ1) is 10.1. The lowest BCUT2D eigenvalue weighted by molar-refractivity contribution is -0.173. The molecule has 0 saturated carbocycles. The summed E-state index contributed by atoms with van der Waals surface area (Å²) in [6, 6.07) is 9.07. The van der Waals surface area contributed by atoms with Crippen LogP contribution in [0.3, 0.4) is 0 Å². The zero-order chi connectivity index (χ0) is 17.0. The van der Waals surface area contributed by atoms with Crippen molar-refractivity contribution in [3.8, 4) is 0 Å². The summed E-state index contributed by atoms with van der Waals surface area (Å²) in [5, 5.41) is 0. The van der Waals surface area contributed by atoms with Gasteiger partial charge in [-0.15, -0.1) is 0 Å². The summed E-state index contributed by atoms with van der Waals surface area (Å²) in [5.74, 6) is -1.31. The summed E-state index contributed by atoms with van der Waals surface area (Å²) in [4.78, 5) is 24.2. The molecule has 0 amide bonds. The normalized spacial score (nSPS) is 15.7. The van der Waals surface area contributed by atoms with Gasteiger partial charge < -0.3 is 4.74 Å². The Hall–Kier alpha value is -1.57. The molecule has 0 aliphatic rings. The number of Topliss-reactive ketones (excluding diaryl/α,β-unsaturated/α-hetero) is 1. The first-order valence-corrected chi connectivity index (χ1v) is 7.67. The van der Waals surface area contributed by atoms with Crippen LogP contribution < -0.4 is 0 Å². The molecule has 0 heterocycles. The summed E-state index contributed by atoms with van der Waals surface area (Å²) < 4.78 is 29.3. The maximum absolute atomic E-state index is 12.4. The van der Waals surface area contributed by atoms with E-state index in [9.17, 15) is 13.8 Å². The second-order valence-electron chi connectivity index (χ2n) is 5.63. The quantitative estimate of drug-likeness (QED) is 0.469. The van der Waals surface area contributed by atoms with Crippen molar-refractivity contribution < 1.29 is 27.3 Å². The molecule has 1 aromatic rings. The molecule has 0 spiro atoms. The minimum atomic E-state index is -2.56. The molecule has 0 aromatic heterocycles. The first kappa shape index (κ1) is 18.5. The third-order valence-corrected chi connectivity index (χ3v) is 3.81. The van der Waals surface area contributed by atoms with Gasteiger partial charge in [0.25, 0.3) is 0 Å². The Bertz CT molecular complexity index is 569. The molecule has 7 heteroatoms. The van der Waals surface area contributed by atoms with Crippen LogP contribution >= 0.6 is 0 Å². The molecule has 6 nitrogen and oxygen atoms in total. The van der Waals surface area contributed by atoms with Gasteiger partial charge in [0, 0.05) is 0 Å². The van der Waals surface area contributed by atoms with Crippen LogP contribution in [0.1, 0.15) is 33.3 Å². The maximum Gasteiger partial charge on any atom is 0.322 e. The number of hydrogen-bond donors (Lipinski definition) is 1. The van der Waals surface area contributed by atoms with Gasteiger partial charge in [-0.2, -0.15) is 4.21 Å². The Labute approximate surface area is 132 Å². The smallest absolute Gasteiger partial charge is 0.322 e. The highest BCUT2D eigenvalue weighted by Crippen LogP contribution is 2.30. The molecular weight excluding hydrogens is 308 g/mol. The van der Waals surface area contributed by atoms with Gasteiger partial charge >= 0.3 is 17.3 Å². The number of ketones is 1. The van der Waals surface area contributed by atoms with Crippen molar-refractivity contribution in [2.24, 2.45) is 5.41 Å². The van der Waals surface area contributed by atoms with E-state index in [0.717, 1.165) is 5.56 Å². The van der Waals surface area contributed by atoms with Gasteiger partial charge in [-0.25, -0.2) is 0 Å². The molecule has 2 unspecified atom stereocenters. The van der Waals surface area contributed by atoms with E-state index in [1.165, 1.54) is 13.8 Å². The maximum atomic E-state index is 12.4. The Morgan fingerprint density at radius 2 is 1.73 bits per heavy atom. The van der Waals surface area contributed by atoms with Gasteiger partial charge in [0.15, 0.2) is 0 Å². The van der Waals surface area contributed by atoms with Gasteiger partial charge in [0.2, 0.25) is 0 Å². The van der Waals surface area contributed by atoms with Crippen LogP contribution in [0.25, 0.3) is 0 Å². The molecule has 0 bridgehead atoms. The Morgan fingerprint density at radius 1 is 1.18 bits per heavy atom. The van der Waals surface area contributed by atoms with Crippen molar-refractivity contribution in [3.63, 3.8) is 0 Å². The summed E-state index contributed by atoms with van der Waals surface area (Å²) in [7, 11) is 0. The number of carbonyl (C=O) groups excluding carboxylic acids is 2. The van der Waals surface area contributed by atoms with E-state index in [2.05, 4.69) is 4.18 Å². The van der Waals surface area contributed by atoms with E-state index in [1.54, 1.807) is 26.0 Å². The molecule has 2 atom stereocenters. The van der Waals surface area contributed by atoms with Crippen LogP contribution in [-0.2, 0) is 35.5 Å². The van der Waals surface area contributed by atoms with Crippen molar-refractivity contribution >= 4 is 23.1 Å². The predicted octanol–water partition coefficient (Wildman–Crippen LogP) is 2.21. The van der Waals surface area contributed by atoms with E-state index in [1.807, 2.05) is 18.2 Å². The fourth-order valence-electron chi connectivity index (χ4n) is 1.72. The Morgan fingerprint density at radius 3 is 2.18 bits per heavy atom. The number of benzene rings is 1. The van der Waals surface area contributed by atoms with Crippen molar-refractivity contribution in [1.82, 2.24) is 0 Å². The molecule has 0 fully saturated rings. The van der Waals surface area contributed by atoms with E-state index < -0.39 is 40.7 Å². The third-order valence-electron chi connectivity index (χ3n) is 3.49. The standard InChI is InChI=1S/C15H20O6S/c1-11(16)15(4,10-20-22(18)19)13(17)21-14(2,3)12-8-6-5-7-9-12/h5-9H,10H2,1-4H3,(H,18,19). The summed E-state index contributed by atoms with van der Waals surface area (Å²) in [6.45, 7) is 5.40. The van der Waals surface area contributed by atoms with Gasteiger partial charge in [-0.1, -0.05) is 30.3 Å². The number of rotatable bonds is 7. The Kier molecular flexibility index (Phi) is 5.99. The highest BCUT2D eigenvalue weighted by molar-refractivity contribution is 7.74. The van der Waals surface area contributed by atoms with Crippen LogP contribution in [0.4, 0.5) is 0 Å². The van der Waals surface area contributed by atoms with Crippen molar-refractivity contribution in [2.75, 3.05) is 6.61 Å². The molecule has 0 saturated heterocycles. The lowest BCUT2D eigenvalue weighted by Gasteiger charge is -2.31. The third kappa shape index (κ3) is 4.46. The lowest BCUT2D eigenvalue weighted by atomic mass is 9.87. The van der Waals surface area contributed by atoms with Gasteiger partial charge in [-0.3, -0.25) is 18.3 Å². The zero-order valence-electron chi connectivity index (χ0n) is 13.0. The average Bonchev–Trinajstić information content (AvgIpc) is 2.44. The van der Waals surface area contributed by atoms with E-state index in [-0.39, 0.29) is 0 Å². The predicted molar refractivity (Wildman–Crippen MR) is 81.1 cm³/mol. The number of esters is 1. The SMILES string of the molecule is CC(=O)C(C)(COS(=O)O)C(=O)OC(C)(C)c1ccccc1. The van der Waals surface area contributed by atoms with Gasteiger partial charge in [0.05, 0.1) is 6.61 Å². The van der Waals surface area contributed by atoms with E-state index in [4.69, 9.17) is 9.29 Å². The molecule has 22 heavy (non-hydrogen) atoms. The van der Waals surface area contributed by atoms with Crippen molar-refractivity contribution in [3.05, 3.63) is 35.9 Å². The number of hydrogen-bond acceptors (Lipinski definition) is 5. The van der Waals surface area contributed by atoms with E-state index in [0.29, 0.717) is 0 Å². The average molecular weight is 328 g/mol. The minimum absolute atomic E-state index is 0.508. The van der Waals surface area contributed by atoms with Crippen LogP contribution in [0.2, 0.25) is 0 Å². The first-order valence-electron chi connectivity index (χ1n) is 6.64. The number of ether oxygens (including phenoxy) is 1. The summed E-state index contributed by atoms with van der Waals surface area (Å²) in [6.07, 6.45) is 0.